The Morgan fingerprint density at radius 3 is 2.54 bits per heavy atom. The number of pyridine rings is 1. The topological polar surface area (TPSA) is 40.9 Å². The highest BCUT2D eigenvalue weighted by Crippen LogP contribution is 2.17. The molecule has 4 rings (SSSR count). The number of piperazine rings is 1. The number of anilines is 1. The van der Waals surface area contributed by atoms with E-state index >= 15 is 0 Å². The van der Waals surface area contributed by atoms with Gasteiger partial charge in [-0.2, -0.15) is 0 Å². The van der Waals surface area contributed by atoms with Gasteiger partial charge in [0.1, 0.15) is 11.5 Å². The van der Waals surface area contributed by atoms with Crippen LogP contribution in [0.5, 0.6) is 0 Å². The van der Waals surface area contributed by atoms with Crippen molar-refractivity contribution in [3.63, 3.8) is 0 Å². The number of hydrogen-bond donors (Lipinski definition) is 0. The molecule has 0 saturated carbocycles. The van der Waals surface area contributed by atoms with Crippen LogP contribution in [0.15, 0.2) is 53.5 Å². The van der Waals surface area contributed by atoms with E-state index in [1.807, 2.05) is 31.2 Å². The Bertz CT molecular complexity index is 975. The molecule has 0 aliphatic carbocycles. The number of aromatic nitrogens is 2. The number of aryl methyl sites for hydroxylation is 1. The molecule has 6 heteroatoms. The Hall–Kier alpha value is -2.73. The van der Waals surface area contributed by atoms with E-state index in [0.717, 1.165) is 48.8 Å². The van der Waals surface area contributed by atoms with Crippen molar-refractivity contribution in [1.82, 2.24) is 14.3 Å². The van der Waals surface area contributed by atoms with Crippen molar-refractivity contribution in [2.75, 3.05) is 31.1 Å². The fourth-order valence-electron chi connectivity index (χ4n) is 3.44. The Labute approximate surface area is 151 Å². The minimum Gasteiger partial charge on any atom is -0.369 e. The van der Waals surface area contributed by atoms with Gasteiger partial charge in [-0.05, 0) is 42.8 Å². The van der Waals surface area contributed by atoms with Crippen molar-refractivity contribution in [3.05, 3.63) is 76.1 Å². The zero-order valence-corrected chi connectivity index (χ0v) is 14.7. The summed E-state index contributed by atoms with van der Waals surface area (Å²) >= 11 is 0. The molecule has 2 aromatic heterocycles. The van der Waals surface area contributed by atoms with Gasteiger partial charge in [-0.1, -0.05) is 6.07 Å². The average molecular weight is 352 g/mol. The summed E-state index contributed by atoms with van der Waals surface area (Å²) in [4.78, 5) is 21.6. The third kappa shape index (κ3) is 3.32. The van der Waals surface area contributed by atoms with Crippen LogP contribution in [0.25, 0.3) is 5.65 Å². The lowest BCUT2D eigenvalue weighted by atomic mass is 10.2. The van der Waals surface area contributed by atoms with Crippen molar-refractivity contribution < 1.29 is 4.39 Å². The van der Waals surface area contributed by atoms with E-state index < -0.39 is 0 Å². The molecule has 0 amide bonds. The van der Waals surface area contributed by atoms with Gasteiger partial charge in [0.05, 0.1) is 5.69 Å². The lowest BCUT2D eigenvalue weighted by Crippen LogP contribution is -2.46. The summed E-state index contributed by atoms with van der Waals surface area (Å²) in [6.07, 6.45) is 1.75. The van der Waals surface area contributed by atoms with Gasteiger partial charge in [-0.25, -0.2) is 9.37 Å². The Morgan fingerprint density at radius 1 is 1.08 bits per heavy atom. The average Bonchev–Trinajstić information content (AvgIpc) is 2.64. The van der Waals surface area contributed by atoms with Gasteiger partial charge in [-0.15, -0.1) is 0 Å². The third-order valence-corrected chi connectivity index (χ3v) is 4.89. The lowest BCUT2D eigenvalue weighted by molar-refractivity contribution is 0.247. The van der Waals surface area contributed by atoms with Crippen LogP contribution in [0.3, 0.4) is 0 Å². The zero-order chi connectivity index (χ0) is 18.1. The van der Waals surface area contributed by atoms with Crippen LogP contribution in [-0.2, 0) is 6.54 Å². The number of halogens is 1. The summed E-state index contributed by atoms with van der Waals surface area (Å²) in [5, 5.41) is 0. The quantitative estimate of drug-likeness (QED) is 0.726. The molecule has 3 aromatic rings. The molecule has 26 heavy (non-hydrogen) atoms. The predicted octanol–water partition coefficient (Wildman–Crippen LogP) is 2.46. The summed E-state index contributed by atoms with van der Waals surface area (Å²) in [6.45, 7) is 6.14. The van der Waals surface area contributed by atoms with Gasteiger partial charge in [0.2, 0.25) is 0 Å². The summed E-state index contributed by atoms with van der Waals surface area (Å²) in [7, 11) is 0. The van der Waals surface area contributed by atoms with Gasteiger partial charge >= 0.3 is 0 Å². The molecule has 0 bridgehead atoms. The van der Waals surface area contributed by atoms with E-state index in [-0.39, 0.29) is 11.4 Å². The van der Waals surface area contributed by atoms with Crippen LogP contribution in [0.1, 0.15) is 11.3 Å². The smallest absolute Gasteiger partial charge is 0.258 e. The van der Waals surface area contributed by atoms with Crippen molar-refractivity contribution in [1.29, 1.82) is 0 Å². The molecule has 1 fully saturated rings. The standard InChI is InChI=1S/C20H21FN4O/c1-15-3-2-8-25-19(26)13-17(22-20(15)25)14-23-9-11-24(12-10-23)18-6-4-16(21)5-7-18/h2-8,13H,9-12,14H2,1H3. The largest absolute Gasteiger partial charge is 0.369 e. The van der Waals surface area contributed by atoms with Crippen molar-refractivity contribution in [2.45, 2.75) is 13.5 Å². The number of rotatable bonds is 3. The van der Waals surface area contributed by atoms with Crippen molar-refractivity contribution >= 4 is 11.3 Å². The van der Waals surface area contributed by atoms with E-state index in [1.54, 1.807) is 16.7 Å². The Morgan fingerprint density at radius 2 is 1.81 bits per heavy atom. The second-order valence-corrected chi connectivity index (χ2v) is 6.71. The molecule has 0 unspecified atom stereocenters. The van der Waals surface area contributed by atoms with E-state index in [2.05, 4.69) is 14.8 Å². The fourth-order valence-corrected chi connectivity index (χ4v) is 3.44. The molecule has 1 aliphatic heterocycles. The molecule has 1 aliphatic rings. The van der Waals surface area contributed by atoms with Gasteiger partial charge in [0, 0.05) is 50.7 Å². The van der Waals surface area contributed by atoms with Crippen molar-refractivity contribution in [3.8, 4) is 0 Å². The zero-order valence-electron chi connectivity index (χ0n) is 14.7. The molecule has 3 heterocycles. The highest BCUT2D eigenvalue weighted by Gasteiger charge is 2.18. The number of nitrogens with zero attached hydrogens (tertiary/aromatic N) is 4. The first-order valence-corrected chi connectivity index (χ1v) is 8.81. The maximum absolute atomic E-state index is 13.1. The van der Waals surface area contributed by atoms with Crippen LogP contribution in [0.2, 0.25) is 0 Å². The monoisotopic (exact) mass is 352 g/mol. The number of benzene rings is 1. The van der Waals surface area contributed by atoms with Crippen LogP contribution >= 0.6 is 0 Å². The Balaban J connectivity index is 1.46. The highest BCUT2D eigenvalue weighted by atomic mass is 19.1. The Kier molecular flexibility index (Phi) is 4.42. The minimum absolute atomic E-state index is 0.0429. The maximum Gasteiger partial charge on any atom is 0.258 e. The molecular formula is C20H21FN4O. The first-order chi connectivity index (χ1) is 12.6. The van der Waals surface area contributed by atoms with Gasteiger partial charge in [0.25, 0.3) is 5.56 Å². The molecule has 0 spiro atoms. The summed E-state index contributed by atoms with van der Waals surface area (Å²) in [6, 6.07) is 12.1. The summed E-state index contributed by atoms with van der Waals surface area (Å²) in [5.74, 6) is -0.212. The second kappa shape index (κ2) is 6.88. The molecule has 0 radical (unpaired) electrons. The second-order valence-electron chi connectivity index (χ2n) is 6.71. The highest BCUT2D eigenvalue weighted by molar-refractivity contribution is 5.47. The third-order valence-electron chi connectivity index (χ3n) is 4.89. The van der Waals surface area contributed by atoms with E-state index in [9.17, 15) is 9.18 Å². The SMILES string of the molecule is Cc1cccn2c(=O)cc(CN3CCN(c4ccc(F)cc4)CC3)nc12. The van der Waals surface area contributed by atoms with Gasteiger partial charge in [-0.3, -0.25) is 14.1 Å². The number of fused-ring (bicyclic) bond motifs is 1. The molecule has 0 N–H and O–H groups in total. The normalized spacial score (nSPS) is 15.5. The van der Waals surface area contributed by atoms with Crippen LogP contribution in [0.4, 0.5) is 10.1 Å². The molecule has 134 valence electrons. The predicted molar refractivity (Wildman–Crippen MR) is 100 cm³/mol. The van der Waals surface area contributed by atoms with E-state index in [4.69, 9.17) is 0 Å². The fraction of sp³-hybridized carbons (Fsp3) is 0.300. The molecular weight excluding hydrogens is 331 g/mol. The summed E-state index contributed by atoms with van der Waals surface area (Å²) in [5.41, 5.74) is 3.52. The van der Waals surface area contributed by atoms with Crippen LogP contribution < -0.4 is 10.5 Å². The van der Waals surface area contributed by atoms with Crippen molar-refractivity contribution in [2.24, 2.45) is 0 Å². The molecule has 1 saturated heterocycles. The van der Waals surface area contributed by atoms with E-state index in [0.29, 0.717) is 6.54 Å². The number of hydrogen-bond acceptors (Lipinski definition) is 4. The molecule has 0 atom stereocenters. The van der Waals surface area contributed by atoms with Gasteiger partial charge in [0.15, 0.2) is 0 Å². The molecule has 5 nitrogen and oxygen atoms in total. The first-order valence-electron chi connectivity index (χ1n) is 8.81. The van der Waals surface area contributed by atoms with E-state index in [1.165, 1.54) is 12.1 Å². The minimum atomic E-state index is -0.212. The molecule has 1 aromatic carbocycles. The summed E-state index contributed by atoms with van der Waals surface area (Å²) < 4.78 is 14.7. The van der Waals surface area contributed by atoms with Crippen LogP contribution in [0, 0.1) is 12.7 Å². The van der Waals surface area contributed by atoms with Crippen LogP contribution in [-0.4, -0.2) is 40.5 Å². The first kappa shape index (κ1) is 16.7. The van der Waals surface area contributed by atoms with Gasteiger partial charge < -0.3 is 4.90 Å². The maximum atomic E-state index is 13.1. The lowest BCUT2D eigenvalue weighted by Gasteiger charge is -2.36.